The van der Waals surface area contributed by atoms with Crippen molar-refractivity contribution in [2.75, 3.05) is 5.75 Å². The summed E-state index contributed by atoms with van der Waals surface area (Å²) in [4.78, 5) is 25.0. The zero-order valence-corrected chi connectivity index (χ0v) is 16.6. The van der Waals surface area contributed by atoms with Gasteiger partial charge in [-0.1, -0.05) is 24.3 Å². The van der Waals surface area contributed by atoms with E-state index in [2.05, 4.69) is 5.32 Å². The minimum absolute atomic E-state index is 0.0133. The SMILES string of the molecule is CC(=O)c1ccc(SCC(=O)NC(c2ccc(F)cc2)c2cccs2)c(F)c1. The van der Waals surface area contributed by atoms with Crippen LogP contribution in [0.3, 0.4) is 0 Å². The molecule has 3 nitrogen and oxygen atoms in total. The molecule has 7 heteroatoms. The van der Waals surface area contributed by atoms with E-state index in [-0.39, 0.29) is 23.3 Å². The van der Waals surface area contributed by atoms with Crippen LogP contribution in [0, 0.1) is 11.6 Å². The van der Waals surface area contributed by atoms with E-state index in [1.54, 1.807) is 18.2 Å². The van der Waals surface area contributed by atoms with Crippen LogP contribution in [-0.2, 0) is 4.79 Å². The van der Waals surface area contributed by atoms with E-state index in [9.17, 15) is 18.4 Å². The molecule has 1 heterocycles. The van der Waals surface area contributed by atoms with Crippen LogP contribution < -0.4 is 5.32 Å². The fourth-order valence-corrected chi connectivity index (χ4v) is 4.15. The molecule has 144 valence electrons. The number of thioether (sulfide) groups is 1. The molecule has 1 N–H and O–H groups in total. The van der Waals surface area contributed by atoms with E-state index in [4.69, 9.17) is 0 Å². The maximum absolute atomic E-state index is 14.1. The van der Waals surface area contributed by atoms with Gasteiger partial charge in [-0.2, -0.15) is 0 Å². The molecule has 0 aliphatic heterocycles. The Morgan fingerprint density at radius 1 is 1.11 bits per heavy atom. The van der Waals surface area contributed by atoms with Crippen molar-refractivity contribution in [2.45, 2.75) is 17.9 Å². The number of rotatable bonds is 7. The summed E-state index contributed by atoms with van der Waals surface area (Å²) in [6, 6.07) is 13.6. The van der Waals surface area contributed by atoms with Crippen LogP contribution in [-0.4, -0.2) is 17.4 Å². The van der Waals surface area contributed by atoms with E-state index >= 15 is 0 Å². The molecule has 1 amide bonds. The van der Waals surface area contributed by atoms with Gasteiger partial charge in [-0.05, 0) is 48.2 Å². The van der Waals surface area contributed by atoms with Gasteiger partial charge in [-0.25, -0.2) is 8.78 Å². The van der Waals surface area contributed by atoms with Crippen LogP contribution in [0.1, 0.15) is 33.8 Å². The summed E-state index contributed by atoms with van der Waals surface area (Å²) in [6.07, 6.45) is 0. The number of halogens is 2. The highest BCUT2D eigenvalue weighted by atomic mass is 32.2. The molecule has 0 fully saturated rings. The van der Waals surface area contributed by atoms with Crippen LogP contribution in [0.15, 0.2) is 64.9 Å². The van der Waals surface area contributed by atoms with Gasteiger partial charge in [0.2, 0.25) is 5.91 Å². The molecule has 3 rings (SSSR count). The first-order valence-corrected chi connectivity index (χ1v) is 10.3. The van der Waals surface area contributed by atoms with Crippen molar-refractivity contribution in [3.8, 4) is 0 Å². The standard InChI is InChI=1S/C21H17F2NO2S2/c1-13(25)15-6-9-18(17(23)11-15)28-12-20(26)24-21(19-3-2-10-27-19)14-4-7-16(22)8-5-14/h2-11,21H,12H2,1H3,(H,24,26). The molecule has 1 aromatic heterocycles. The highest BCUT2D eigenvalue weighted by Crippen LogP contribution is 2.27. The maximum Gasteiger partial charge on any atom is 0.231 e. The third-order valence-electron chi connectivity index (χ3n) is 4.03. The molecule has 28 heavy (non-hydrogen) atoms. The number of nitrogens with one attached hydrogen (secondary N) is 1. The monoisotopic (exact) mass is 417 g/mol. The Morgan fingerprint density at radius 2 is 1.86 bits per heavy atom. The first kappa shape index (κ1) is 20.2. The Labute approximate surface area is 169 Å². The van der Waals surface area contributed by atoms with Crippen molar-refractivity contribution in [1.82, 2.24) is 5.32 Å². The van der Waals surface area contributed by atoms with Crippen molar-refractivity contribution in [3.05, 3.63) is 87.6 Å². The zero-order chi connectivity index (χ0) is 20.1. The number of hydrogen-bond donors (Lipinski definition) is 1. The summed E-state index contributed by atoms with van der Waals surface area (Å²) in [6.45, 7) is 1.37. The Hall–Kier alpha value is -2.51. The third kappa shape index (κ3) is 5.05. The second-order valence-corrected chi connectivity index (χ2v) is 8.05. The van der Waals surface area contributed by atoms with Crippen molar-refractivity contribution >= 4 is 34.8 Å². The molecule has 0 aliphatic rings. The average molecular weight is 418 g/mol. The van der Waals surface area contributed by atoms with E-state index < -0.39 is 11.9 Å². The molecule has 1 unspecified atom stereocenters. The van der Waals surface area contributed by atoms with Gasteiger partial charge in [-0.3, -0.25) is 9.59 Å². The smallest absolute Gasteiger partial charge is 0.231 e. The van der Waals surface area contributed by atoms with Crippen LogP contribution in [0.4, 0.5) is 8.78 Å². The van der Waals surface area contributed by atoms with Crippen LogP contribution in [0.25, 0.3) is 0 Å². The lowest BCUT2D eigenvalue weighted by atomic mass is 10.1. The summed E-state index contributed by atoms with van der Waals surface area (Å²) < 4.78 is 27.3. The summed E-state index contributed by atoms with van der Waals surface area (Å²) in [5, 5.41) is 4.83. The molecule has 0 aliphatic carbocycles. The minimum Gasteiger partial charge on any atom is -0.344 e. The van der Waals surface area contributed by atoms with Crippen LogP contribution >= 0.6 is 23.1 Å². The lowest BCUT2D eigenvalue weighted by Crippen LogP contribution is -2.30. The summed E-state index contributed by atoms with van der Waals surface area (Å²) in [5.41, 5.74) is 1.06. The Bertz CT molecular complexity index is 973. The highest BCUT2D eigenvalue weighted by Gasteiger charge is 2.18. The first-order valence-electron chi connectivity index (χ1n) is 8.45. The van der Waals surface area contributed by atoms with Gasteiger partial charge in [0.15, 0.2) is 5.78 Å². The number of amides is 1. The predicted octanol–water partition coefficient (Wildman–Crippen LogP) is 5.23. The van der Waals surface area contributed by atoms with Gasteiger partial charge in [0.05, 0.1) is 11.8 Å². The van der Waals surface area contributed by atoms with E-state index in [0.29, 0.717) is 10.5 Å². The fraction of sp³-hybridized carbons (Fsp3) is 0.143. The molecule has 0 saturated heterocycles. The molecular formula is C21H17F2NO2S2. The fourth-order valence-electron chi connectivity index (χ4n) is 2.61. The van der Waals surface area contributed by atoms with E-state index in [1.165, 1.54) is 42.5 Å². The molecule has 0 radical (unpaired) electrons. The van der Waals surface area contributed by atoms with Crippen molar-refractivity contribution < 1.29 is 18.4 Å². The quantitative estimate of drug-likeness (QED) is 0.423. The summed E-state index contributed by atoms with van der Waals surface area (Å²) in [7, 11) is 0. The predicted molar refractivity (Wildman–Crippen MR) is 108 cm³/mol. The van der Waals surface area contributed by atoms with E-state index in [1.807, 2.05) is 17.5 Å². The van der Waals surface area contributed by atoms with Crippen molar-refractivity contribution in [3.63, 3.8) is 0 Å². The highest BCUT2D eigenvalue weighted by molar-refractivity contribution is 8.00. The van der Waals surface area contributed by atoms with Gasteiger partial charge in [0, 0.05) is 15.3 Å². The number of benzene rings is 2. The second-order valence-electron chi connectivity index (χ2n) is 6.06. The number of thiophene rings is 1. The summed E-state index contributed by atoms with van der Waals surface area (Å²) >= 11 is 2.54. The van der Waals surface area contributed by atoms with Crippen molar-refractivity contribution in [2.24, 2.45) is 0 Å². The lowest BCUT2D eigenvalue weighted by molar-refractivity contribution is -0.119. The molecule has 0 saturated carbocycles. The van der Waals surface area contributed by atoms with Gasteiger partial charge < -0.3 is 5.32 Å². The molecular weight excluding hydrogens is 400 g/mol. The number of Topliss-reactive ketones (excluding diaryl/α,β-unsaturated/α-hetero) is 1. The number of ketones is 1. The zero-order valence-electron chi connectivity index (χ0n) is 14.9. The van der Waals surface area contributed by atoms with Crippen LogP contribution in [0.2, 0.25) is 0 Å². The van der Waals surface area contributed by atoms with Gasteiger partial charge >= 0.3 is 0 Å². The molecule has 0 spiro atoms. The third-order valence-corrected chi connectivity index (χ3v) is 6.02. The van der Waals surface area contributed by atoms with Gasteiger partial charge in [0.25, 0.3) is 0 Å². The molecule has 1 atom stereocenters. The normalized spacial score (nSPS) is 11.8. The molecule has 2 aromatic carbocycles. The van der Waals surface area contributed by atoms with Gasteiger partial charge in [0.1, 0.15) is 11.6 Å². The van der Waals surface area contributed by atoms with Crippen molar-refractivity contribution in [1.29, 1.82) is 0 Å². The molecule has 0 bridgehead atoms. The summed E-state index contributed by atoms with van der Waals surface area (Å²) in [5.74, 6) is -1.35. The largest absolute Gasteiger partial charge is 0.344 e. The second kappa shape index (κ2) is 9.12. The van der Waals surface area contributed by atoms with Gasteiger partial charge in [-0.15, -0.1) is 23.1 Å². The Morgan fingerprint density at radius 3 is 2.46 bits per heavy atom. The first-order chi connectivity index (χ1) is 13.4. The molecule has 3 aromatic rings. The number of carbonyl (C=O) groups is 2. The lowest BCUT2D eigenvalue weighted by Gasteiger charge is -2.18. The Kier molecular flexibility index (Phi) is 6.59. The van der Waals surface area contributed by atoms with E-state index in [0.717, 1.165) is 22.2 Å². The Balaban J connectivity index is 1.69. The minimum atomic E-state index is -0.529. The number of carbonyl (C=O) groups excluding carboxylic acids is 2. The topological polar surface area (TPSA) is 46.2 Å². The number of hydrogen-bond acceptors (Lipinski definition) is 4. The maximum atomic E-state index is 14.1. The van der Waals surface area contributed by atoms with Crippen LogP contribution in [0.5, 0.6) is 0 Å². The average Bonchev–Trinajstić information content (AvgIpc) is 3.20.